The number of benzene rings is 1. The summed E-state index contributed by atoms with van der Waals surface area (Å²) < 4.78 is 0. The highest BCUT2D eigenvalue weighted by Gasteiger charge is 2.39. The minimum atomic E-state index is 0.283. The van der Waals surface area contributed by atoms with Crippen LogP contribution in [0.2, 0.25) is 0 Å². The molecular weight excluding hydrogens is 286 g/mol. The fraction of sp³-hybridized carbons (Fsp3) is 0.632. The first-order valence-electron chi connectivity index (χ1n) is 8.79. The molecule has 3 rings (SSSR count). The standard InChI is InChI=1S/C19H29N3O/c1-16-4-6-17(7-5-16)12-21(2)13-18(23)22-11-3-8-19(15-22)9-10-20-14-19/h4-7,20H,3,8-15H2,1-2H3. The zero-order chi connectivity index (χ0) is 16.3. The van der Waals surface area contributed by atoms with Crippen LogP contribution in [0, 0.1) is 12.3 Å². The summed E-state index contributed by atoms with van der Waals surface area (Å²) in [5.41, 5.74) is 2.89. The van der Waals surface area contributed by atoms with Gasteiger partial charge in [-0.15, -0.1) is 0 Å². The van der Waals surface area contributed by atoms with Gasteiger partial charge in [-0.25, -0.2) is 0 Å². The SMILES string of the molecule is Cc1ccc(CN(C)CC(=O)N2CCCC3(CCNC3)C2)cc1. The predicted molar refractivity (Wildman–Crippen MR) is 93.2 cm³/mol. The van der Waals surface area contributed by atoms with Crippen LogP contribution in [0.25, 0.3) is 0 Å². The quantitative estimate of drug-likeness (QED) is 0.923. The highest BCUT2D eigenvalue weighted by Crippen LogP contribution is 2.35. The lowest BCUT2D eigenvalue weighted by atomic mass is 9.79. The van der Waals surface area contributed by atoms with Crippen molar-refractivity contribution < 1.29 is 4.79 Å². The van der Waals surface area contributed by atoms with Gasteiger partial charge in [0.25, 0.3) is 0 Å². The third-order valence-electron chi connectivity index (χ3n) is 5.32. The van der Waals surface area contributed by atoms with Crippen molar-refractivity contribution in [2.24, 2.45) is 5.41 Å². The number of aryl methyl sites for hydroxylation is 1. The van der Waals surface area contributed by atoms with E-state index in [-0.39, 0.29) is 5.91 Å². The molecule has 0 aliphatic carbocycles. The number of nitrogens with zero attached hydrogens (tertiary/aromatic N) is 2. The molecule has 126 valence electrons. The molecule has 0 radical (unpaired) electrons. The molecule has 23 heavy (non-hydrogen) atoms. The van der Waals surface area contributed by atoms with Crippen molar-refractivity contribution in [3.05, 3.63) is 35.4 Å². The Labute approximate surface area is 139 Å². The molecule has 1 spiro atoms. The monoisotopic (exact) mass is 315 g/mol. The van der Waals surface area contributed by atoms with Crippen molar-refractivity contribution in [3.63, 3.8) is 0 Å². The second-order valence-corrected chi connectivity index (χ2v) is 7.50. The summed E-state index contributed by atoms with van der Waals surface area (Å²) in [5, 5.41) is 3.47. The second kappa shape index (κ2) is 7.02. The molecule has 2 aliphatic rings. The van der Waals surface area contributed by atoms with Crippen molar-refractivity contribution in [2.75, 3.05) is 39.8 Å². The Balaban J connectivity index is 1.52. The van der Waals surface area contributed by atoms with Crippen molar-refractivity contribution in [1.82, 2.24) is 15.1 Å². The molecule has 0 bridgehead atoms. The Kier molecular flexibility index (Phi) is 5.02. The van der Waals surface area contributed by atoms with Gasteiger partial charge in [0, 0.05) is 31.6 Å². The summed E-state index contributed by atoms with van der Waals surface area (Å²) in [5.74, 6) is 0.283. The Hall–Kier alpha value is -1.39. The zero-order valence-electron chi connectivity index (χ0n) is 14.5. The predicted octanol–water partition coefficient (Wildman–Crippen LogP) is 2.03. The molecule has 2 fully saturated rings. The minimum absolute atomic E-state index is 0.283. The lowest BCUT2D eigenvalue weighted by Gasteiger charge is -2.40. The largest absolute Gasteiger partial charge is 0.341 e. The van der Waals surface area contributed by atoms with E-state index in [4.69, 9.17) is 0 Å². The van der Waals surface area contributed by atoms with E-state index < -0.39 is 0 Å². The maximum atomic E-state index is 12.7. The molecule has 2 saturated heterocycles. The van der Waals surface area contributed by atoms with Gasteiger partial charge < -0.3 is 10.2 Å². The molecule has 2 aliphatic heterocycles. The fourth-order valence-electron chi connectivity index (χ4n) is 3.96. The van der Waals surface area contributed by atoms with Crippen molar-refractivity contribution in [3.8, 4) is 0 Å². The van der Waals surface area contributed by atoms with Gasteiger partial charge >= 0.3 is 0 Å². The van der Waals surface area contributed by atoms with E-state index in [0.29, 0.717) is 12.0 Å². The van der Waals surface area contributed by atoms with E-state index in [1.54, 1.807) is 0 Å². The molecule has 0 saturated carbocycles. The van der Waals surface area contributed by atoms with E-state index in [1.807, 2.05) is 7.05 Å². The van der Waals surface area contributed by atoms with Gasteiger partial charge in [0.2, 0.25) is 5.91 Å². The van der Waals surface area contributed by atoms with Gasteiger partial charge in [-0.3, -0.25) is 9.69 Å². The highest BCUT2D eigenvalue weighted by molar-refractivity contribution is 5.78. The number of hydrogen-bond donors (Lipinski definition) is 1. The zero-order valence-corrected chi connectivity index (χ0v) is 14.5. The number of carbonyl (C=O) groups is 1. The number of nitrogens with one attached hydrogen (secondary N) is 1. The van der Waals surface area contributed by atoms with Crippen LogP contribution < -0.4 is 5.32 Å². The number of carbonyl (C=O) groups excluding carboxylic acids is 1. The third kappa shape index (κ3) is 4.12. The first-order chi connectivity index (χ1) is 11.1. The molecule has 4 nitrogen and oxygen atoms in total. The summed E-state index contributed by atoms with van der Waals surface area (Å²) in [7, 11) is 2.04. The van der Waals surface area contributed by atoms with Crippen molar-refractivity contribution >= 4 is 5.91 Å². The van der Waals surface area contributed by atoms with Crippen LogP contribution in [-0.2, 0) is 11.3 Å². The molecule has 2 heterocycles. The molecule has 1 aromatic carbocycles. The average molecular weight is 315 g/mol. The van der Waals surface area contributed by atoms with Gasteiger partial charge in [0.1, 0.15) is 0 Å². The number of piperidine rings is 1. The Bertz CT molecular complexity index is 534. The lowest BCUT2D eigenvalue weighted by molar-refractivity contribution is -0.135. The van der Waals surface area contributed by atoms with Crippen molar-refractivity contribution in [1.29, 1.82) is 0 Å². The first-order valence-corrected chi connectivity index (χ1v) is 8.79. The average Bonchev–Trinajstić information content (AvgIpc) is 2.97. The van der Waals surface area contributed by atoms with Crippen LogP contribution in [0.3, 0.4) is 0 Å². The maximum Gasteiger partial charge on any atom is 0.236 e. The normalized spacial score (nSPS) is 24.6. The van der Waals surface area contributed by atoms with Crippen molar-refractivity contribution in [2.45, 2.75) is 32.7 Å². The molecule has 1 unspecified atom stereocenters. The number of hydrogen-bond acceptors (Lipinski definition) is 3. The van der Waals surface area contributed by atoms with E-state index in [1.165, 1.54) is 24.0 Å². The molecule has 1 amide bonds. The maximum absolute atomic E-state index is 12.7. The lowest BCUT2D eigenvalue weighted by Crippen LogP contribution is -2.49. The second-order valence-electron chi connectivity index (χ2n) is 7.50. The fourth-order valence-corrected chi connectivity index (χ4v) is 3.96. The number of likely N-dealkylation sites (N-methyl/N-ethyl adjacent to an activating group) is 1. The van der Waals surface area contributed by atoms with Gasteiger partial charge in [-0.1, -0.05) is 29.8 Å². The smallest absolute Gasteiger partial charge is 0.236 e. The van der Waals surface area contributed by atoms with E-state index >= 15 is 0 Å². The van der Waals surface area contributed by atoms with Crippen LogP contribution in [0.4, 0.5) is 0 Å². The Morgan fingerprint density at radius 1 is 1.30 bits per heavy atom. The summed E-state index contributed by atoms with van der Waals surface area (Å²) in [6.45, 7) is 7.49. The van der Waals surface area contributed by atoms with Crippen LogP contribution in [0.5, 0.6) is 0 Å². The number of amides is 1. The molecule has 1 atom stereocenters. The Morgan fingerprint density at radius 3 is 2.78 bits per heavy atom. The molecule has 0 aromatic heterocycles. The van der Waals surface area contributed by atoms with Gasteiger partial charge in [-0.2, -0.15) is 0 Å². The summed E-state index contributed by atoms with van der Waals surface area (Å²) in [6, 6.07) is 8.56. The highest BCUT2D eigenvalue weighted by atomic mass is 16.2. The third-order valence-corrected chi connectivity index (χ3v) is 5.32. The summed E-state index contributed by atoms with van der Waals surface area (Å²) >= 11 is 0. The van der Waals surface area contributed by atoms with E-state index in [9.17, 15) is 4.79 Å². The van der Waals surface area contributed by atoms with Crippen LogP contribution in [-0.4, -0.2) is 55.5 Å². The Morgan fingerprint density at radius 2 is 2.09 bits per heavy atom. The molecular formula is C19H29N3O. The first kappa shape index (κ1) is 16.5. The van der Waals surface area contributed by atoms with Crippen LogP contribution in [0.1, 0.15) is 30.4 Å². The number of likely N-dealkylation sites (tertiary alicyclic amines) is 1. The van der Waals surface area contributed by atoms with Gasteiger partial charge in [-0.05, 0) is 45.3 Å². The molecule has 4 heteroatoms. The molecule has 1 N–H and O–H groups in total. The topological polar surface area (TPSA) is 35.6 Å². The van der Waals surface area contributed by atoms with E-state index in [2.05, 4.69) is 46.3 Å². The summed E-state index contributed by atoms with van der Waals surface area (Å²) in [6.07, 6.45) is 3.63. The minimum Gasteiger partial charge on any atom is -0.341 e. The van der Waals surface area contributed by atoms with Crippen LogP contribution in [0.15, 0.2) is 24.3 Å². The van der Waals surface area contributed by atoms with Crippen LogP contribution >= 0.6 is 0 Å². The van der Waals surface area contributed by atoms with E-state index in [0.717, 1.165) is 39.1 Å². The molecule has 1 aromatic rings. The summed E-state index contributed by atoms with van der Waals surface area (Å²) in [4.78, 5) is 16.9. The number of rotatable bonds is 4. The van der Waals surface area contributed by atoms with Gasteiger partial charge in [0.15, 0.2) is 0 Å². The van der Waals surface area contributed by atoms with Gasteiger partial charge in [0.05, 0.1) is 6.54 Å².